The van der Waals surface area contributed by atoms with E-state index >= 15 is 0 Å². The Balaban J connectivity index is 2.24. The summed E-state index contributed by atoms with van der Waals surface area (Å²) in [5.41, 5.74) is 2.52. The fourth-order valence-electron chi connectivity index (χ4n) is 2.24. The predicted molar refractivity (Wildman–Crippen MR) is 68.3 cm³/mol. The normalized spacial score (nSPS) is 24.4. The summed E-state index contributed by atoms with van der Waals surface area (Å²) in [4.78, 5) is 9.11. The molecular formula is C14H20N2. The van der Waals surface area contributed by atoms with Crippen molar-refractivity contribution in [3.8, 4) is 0 Å². The molecule has 0 aliphatic heterocycles. The van der Waals surface area contributed by atoms with Crippen LogP contribution < -0.4 is 0 Å². The van der Waals surface area contributed by atoms with Gasteiger partial charge in [-0.05, 0) is 43.7 Å². The van der Waals surface area contributed by atoms with E-state index in [1.165, 1.54) is 37.0 Å². The van der Waals surface area contributed by atoms with Crippen LogP contribution in [0.25, 0.3) is 0 Å². The molecule has 1 unspecified atom stereocenters. The van der Waals surface area contributed by atoms with Gasteiger partial charge in [0.1, 0.15) is 0 Å². The molecule has 0 bridgehead atoms. The van der Waals surface area contributed by atoms with E-state index in [2.05, 4.69) is 24.9 Å². The Kier molecular flexibility index (Phi) is 3.70. The van der Waals surface area contributed by atoms with E-state index in [0.717, 1.165) is 12.2 Å². The molecular weight excluding hydrogens is 196 g/mol. The van der Waals surface area contributed by atoms with Gasteiger partial charge in [-0.1, -0.05) is 25.8 Å². The molecule has 0 N–H and O–H groups in total. The fraction of sp³-hybridized carbons (Fsp3) is 0.571. The molecule has 2 heteroatoms. The lowest BCUT2D eigenvalue weighted by Crippen LogP contribution is -2.08. The van der Waals surface area contributed by atoms with Gasteiger partial charge in [-0.25, -0.2) is 9.98 Å². The van der Waals surface area contributed by atoms with Crippen molar-refractivity contribution >= 4 is 11.5 Å². The van der Waals surface area contributed by atoms with Crippen LogP contribution in [0.3, 0.4) is 0 Å². The summed E-state index contributed by atoms with van der Waals surface area (Å²) in [6.45, 7) is 4.37. The lowest BCUT2D eigenvalue weighted by molar-refractivity contribution is 0.628. The van der Waals surface area contributed by atoms with Gasteiger partial charge in [0, 0.05) is 11.9 Å². The second-order valence-electron chi connectivity index (χ2n) is 4.75. The van der Waals surface area contributed by atoms with Gasteiger partial charge < -0.3 is 0 Å². The largest absolute Gasteiger partial charge is 0.238 e. The van der Waals surface area contributed by atoms with Crippen molar-refractivity contribution in [1.29, 1.82) is 0 Å². The zero-order chi connectivity index (χ0) is 11.4. The molecule has 86 valence electrons. The Hall–Kier alpha value is -1.18. The van der Waals surface area contributed by atoms with Crippen molar-refractivity contribution < 1.29 is 0 Å². The summed E-state index contributed by atoms with van der Waals surface area (Å²) in [6, 6.07) is 4.04. The maximum absolute atomic E-state index is 4.76. The first-order valence-electron chi connectivity index (χ1n) is 6.26. The van der Waals surface area contributed by atoms with Gasteiger partial charge in [-0.3, -0.25) is 0 Å². The van der Waals surface area contributed by atoms with Crippen molar-refractivity contribution in [2.45, 2.75) is 46.0 Å². The molecule has 1 saturated carbocycles. The minimum Gasteiger partial charge on any atom is -0.238 e. The Morgan fingerprint density at radius 2 is 2.19 bits per heavy atom. The van der Waals surface area contributed by atoms with Crippen LogP contribution in [-0.4, -0.2) is 10.7 Å². The number of hydrogen-bond acceptors (Lipinski definition) is 2. The van der Waals surface area contributed by atoms with E-state index in [0.29, 0.717) is 5.92 Å². The van der Waals surface area contributed by atoms with Crippen molar-refractivity contribution in [2.75, 3.05) is 0 Å². The molecule has 0 spiro atoms. The van der Waals surface area contributed by atoms with Crippen LogP contribution in [-0.2, 0) is 0 Å². The number of aromatic nitrogens is 1. The van der Waals surface area contributed by atoms with E-state index in [9.17, 15) is 0 Å². The predicted octanol–water partition coefficient (Wildman–Crippen LogP) is 4.06. The van der Waals surface area contributed by atoms with Crippen LogP contribution in [0.1, 0.15) is 44.6 Å². The van der Waals surface area contributed by atoms with Gasteiger partial charge in [0.05, 0.1) is 0 Å². The van der Waals surface area contributed by atoms with Gasteiger partial charge >= 0.3 is 0 Å². The average Bonchev–Trinajstić information content (AvgIpc) is 2.48. The first-order chi connectivity index (χ1) is 7.77. The summed E-state index contributed by atoms with van der Waals surface area (Å²) in [7, 11) is 0. The Labute approximate surface area is 97.8 Å². The molecule has 1 aromatic rings. The second-order valence-corrected chi connectivity index (χ2v) is 4.75. The van der Waals surface area contributed by atoms with Crippen molar-refractivity contribution in [3.05, 3.63) is 23.9 Å². The number of hydrogen-bond donors (Lipinski definition) is 0. The number of rotatable bonds is 1. The van der Waals surface area contributed by atoms with Crippen LogP contribution in [0.5, 0.6) is 0 Å². The number of aryl methyl sites for hydroxylation is 1. The SMILES string of the molecule is Cc1cccnc1/N=C1/CCCCCC1C. The summed E-state index contributed by atoms with van der Waals surface area (Å²) < 4.78 is 0. The summed E-state index contributed by atoms with van der Waals surface area (Å²) in [5.74, 6) is 1.54. The maximum Gasteiger partial charge on any atom is 0.154 e. The number of nitrogens with zero attached hydrogens (tertiary/aromatic N) is 2. The first-order valence-corrected chi connectivity index (χ1v) is 6.26. The second kappa shape index (κ2) is 5.24. The van der Waals surface area contributed by atoms with Gasteiger partial charge in [0.15, 0.2) is 5.82 Å². The molecule has 0 saturated heterocycles. The maximum atomic E-state index is 4.76. The molecule has 1 heterocycles. The molecule has 0 radical (unpaired) electrons. The van der Waals surface area contributed by atoms with Crippen molar-refractivity contribution in [3.63, 3.8) is 0 Å². The van der Waals surface area contributed by atoms with Crippen molar-refractivity contribution in [1.82, 2.24) is 4.98 Å². The van der Waals surface area contributed by atoms with E-state index in [1.807, 2.05) is 12.3 Å². The zero-order valence-corrected chi connectivity index (χ0v) is 10.2. The highest BCUT2D eigenvalue weighted by Gasteiger charge is 2.14. The topological polar surface area (TPSA) is 25.2 Å². The highest BCUT2D eigenvalue weighted by molar-refractivity contribution is 5.88. The Bertz CT molecular complexity index is 382. The quantitative estimate of drug-likeness (QED) is 0.650. The molecule has 0 amide bonds. The molecule has 0 aromatic carbocycles. The van der Waals surface area contributed by atoms with E-state index in [1.54, 1.807) is 0 Å². The van der Waals surface area contributed by atoms with Gasteiger partial charge in [-0.2, -0.15) is 0 Å². The van der Waals surface area contributed by atoms with Crippen molar-refractivity contribution in [2.24, 2.45) is 10.9 Å². The molecule has 1 atom stereocenters. The minimum absolute atomic E-state index is 0.629. The van der Waals surface area contributed by atoms with E-state index < -0.39 is 0 Å². The summed E-state index contributed by atoms with van der Waals surface area (Å²) >= 11 is 0. The molecule has 1 aliphatic carbocycles. The standard InChI is InChI=1S/C14H20N2/c1-11-7-4-3-5-9-13(11)16-14-12(2)8-6-10-15-14/h6,8,10-11H,3-5,7,9H2,1-2H3/b16-13-. The molecule has 2 nitrogen and oxygen atoms in total. The third-order valence-electron chi connectivity index (χ3n) is 3.37. The van der Waals surface area contributed by atoms with Crippen LogP contribution in [0.4, 0.5) is 5.82 Å². The van der Waals surface area contributed by atoms with Crippen LogP contribution >= 0.6 is 0 Å². The van der Waals surface area contributed by atoms with E-state index in [-0.39, 0.29) is 0 Å². The van der Waals surface area contributed by atoms with E-state index in [4.69, 9.17) is 4.99 Å². The van der Waals surface area contributed by atoms with Crippen LogP contribution in [0.15, 0.2) is 23.3 Å². The van der Waals surface area contributed by atoms with Gasteiger partial charge in [0.2, 0.25) is 0 Å². The first kappa shape index (κ1) is 11.3. The molecule has 16 heavy (non-hydrogen) atoms. The highest BCUT2D eigenvalue weighted by atomic mass is 14.9. The lowest BCUT2D eigenvalue weighted by Gasteiger charge is -2.10. The Morgan fingerprint density at radius 3 is 3.00 bits per heavy atom. The molecule has 2 rings (SSSR count). The Morgan fingerprint density at radius 1 is 1.31 bits per heavy atom. The number of pyridine rings is 1. The molecule has 1 aliphatic rings. The van der Waals surface area contributed by atoms with Crippen LogP contribution in [0, 0.1) is 12.8 Å². The summed E-state index contributed by atoms with van der Waals surface area (Å²) in [6.07, 6.45) is 8.25. The third-order valence-corrected chi connectivity index (χ3v) is 3.37. The fourth-order valence-corrected chi connectivity index (χ4v) is 2.24. The summed E-state index contributed by atoms with van der Waals surface area (Å²) in [5, 5.41) is 0. The average molecular weight is 216 g/mol. The monoisotopic (exact) mass is 216 g/mol. The molecule has 1 fully saturated rings. The third kappa shape index (κ3) is 2.69. The molecule has 1 aromatic heterocycles. The smallest absolute Gasteiger partial charge is 0.154 e. The zero-order valence-electron chi connectivity index (χ0n) is 10.2. The minimum atomic E-state index is 0.629. The number of aliphatic imine (C=N–C) groups is 1. The van der Waals surface area contributed by atoms with Crippen LogP contribution in [0.2, 0.25) is 0 Å². The van der Waals surface area contributed by atoms with Gasteiger partial charge in [0.25, 0.3) is 0 Å². The lowest BCUT2D eigenvalue weighted by atomic mass is 10.0. The van der Waals surface area contributed by atoms with Gasteiger partial charge in [-0.15, -0.1) is 0 Å². The highest BCUT2D eigenvalue weighted by Crippen LogP contribution is 2.24.